The van der Waals surface area contributed by atoms with Crippen LogP contribution < -0.4 is 10.1 Å². The number of aromatic nitrogens is 5. The third kappa shape index (κ3) is 6.03. The van der Waals surface area contributed by atoms with Gasteiger partial charge in [0.1, 0.15) is 10.8 Å². The van der Waals surface area contributed by atoms with E-state index in [-0.39, 0.29) is 11.7 Å². The maximum Gasteiger partial charge on any atom is 0.236 e. The van der Waals surface area contributed by atoms with Crippen molar-refractivity contribution in [2.45, 2.75) is 88.4 Å². The number of nitrogens with zero attached hydrogens (tertiary/aromatic N) is 5. The first-order chi connectivity index (χ1) is 17.2. The Morgan fingerprint density at radius 3 is 2.51 bits per heavy atom. The van der Waals surface area contributed by atoms with Crippen molar-refractivity contribution in [3.8, 4) is 17.1 Å². The average molecular weight is 513 g/mol. The maximum atomic E-state index is 12.6. The van der Waals surface area contributed by atoms with E-state index in [1.54, 1.807) is 0 Å². The minimum atomic E-state index is -0.109. The highest BCUT2D eigenvalue weighted by atomic mass is 32.2. The topological polar surface area (TPSA) is 94.8 Å². The van der Waals surface area contributed by atoms with Gasteiger partial charge in [-0.05, 0) is 69.7 Å². The number of nitrogens with one attached hydrogen (secondary N) is 1. The van der Waals surface area contributed by atoms with E-state index in [0.717, 1.165) is 40.1 Å². The molecule has 10 heteroatoms. The minimum Gasteiger partial charge on any atom is -0.490 e. The number of benzene rings is 1. The second-order valence-corrected chi connectivity index (χ2v) is 11.2. The quantitative estimate of drug-likeness (QED) is 0.356. The number of thioether (sulfide) groups is 1. The molecule has 3 aromatic rings. The first kappa shape index (κ1) is 24.2. The minimum absolute atomic E-state index is 0.109. The predicted octanol–water partition coefficient (Wildman–Crippen LogP) is 5.92. The second-order valence-electron chi connectivity index (χ2n) is 9.22. The van der Waals surface area contributed by atoms with Crippen LogP contribution in [0.3, 0.4) is 0 Å². The number of hydrogen-bond acceptors (Lipinski definition) is 8. The number of rotatable bonds is 9. The van der Waals surface area contributed by atoms with Gasteiger partial charge in [-0.1, -0.05) is 42.4 Å². The zero-order valence-corrected chi connectivity index (χ0v) is 21.7. The summed E-state index contributed by atoms with van der Waals surface area (Å²) in [7, 11) is 0. The lowest BCUT2D eigenvalue weighted by molar-refractivity contribution is -0.113. The van der Waals surface area contributed by atoms with Crippen molar-refractivity contribution in [1.29, 1.82) is 0 Å². The van der Waals surface area contributed by atoms with Gasteiger partial charge in [0.25, 0.3) is 0 Å². The molecule has 0 saturated heterocycles. The van der Waals surface area contributed by atoms with Gasteiger partial charge in [0.2, 0.25) is 11.0 Å². The van der Waals surface area contributed by atoms with Crippen LogP contribution in [-0.4, -0.2) is 42.7 Å². The van der Waals surface area contributed by atoms with Crippen LogP contribution in [0.5, 0.6) is 5.75 Å². The van der Waals surface area contributed by atoms with Crippen LogP contribution in [0.1, 0.15) is 75.6 Å². The monoisotopic (exact) mass is 512 g/mol. The summed E-state index contributed by atoms with van der Waals surface area (Å²) in [5.41, 5.74) is 0.985. The molecule has 0 bridgehead atoms. The molecule has 1 N–H and O–H groups in total. The SMILES string of the molecule is CCn1c(SCC(=O)Nc2nnc(C3CCCCC3)s2)nnc1-c1ccc(OC2CCCC2)cc1. The molecule has 2 aliphatic carbocycles. The third-order valence-electron chi connectivity index (χ3n) is 6.72. The van der Waals surface area contributed by atoms with E-state index in [1.165, 1.54) is 68.0 Å². The van der Waals surface area contributed by atoms with Gasteiger partial charge in [-0.15, -0.1) is 20.4 Å². The molecule has 2 aliphatic rings. The van der Waals surface area contributed by atoms with Crippen LogP contribution in [0, 0.1) is 0 Å². The summed E-state index contributed by atoms with van der Waals surface area (Å²) in [6, 6.07) is 8.07. The Morgan fingerprint density at radius 2 is 1.77 bits per heavy atom. The molecular weight excluding hydrogens is 480 g/mol. The van der Waals surface area contributed by atoms with Gasteiger partial charge in [0.05, 0.1) is 11.9 Å². The molecule has 186 valence electrons. The van der Waals surface area contributed by atoms with Crippen molar-refractivity contribution in [3.63, 3.8) is 0 Å². The molecule has 2 saturated carbocycles. The number of amides is 1. The van der Waals surface area contributed by atoms with E-state index >= 15 is 0 Å². The van der Waals surface area contributed by atoms with Gasteiger partial charge in [0.15, 0.2) is 11.0 Å². The fraction of sp³-hybridized carbons (Fsp3) is 0.560. The van der Waals surface area contributed by atoms with Gasteiger partial charge in [-0.3, -0.25) is 10.1 Å². The Labute approximate surface area is 214 Å². The molecule has 0 unspecified atom stereocenters. The van der Waals surface area contributed by atoms with Crippen LogP contribution in [-0.2, 0) is 11.3 Å². The van der Waals surface area contributed by atoms with Crippen LogP contribution in [0.4, 0.5) is 5.13 Å². The molecular formula is C25H32N6O2S2. The number of hydrogen-bond donors (Lipinski definition) is 1. The molecule has 5 rings (SSSR count). The van der Waals surface area contributed by atoms with E-state index in [4.69, 9.17) is 4.74 Å². The average Bonchev–Trinajstić information content (AvgIpc) is 3.65. The van der Waals surface area contributed by atoms with Crippen LogP contribution >= 0.6 is 23.1 Å². The second kappa shape index (κ2) is 11.5. The molecule has 8 nitrogen and oxygen atoms in total. The van der Waals surface area contributed by atoms with E-state index in [9.17, 15) is 4.79 Å². The summed E-state index contributed by atoms with van der Waals surface area (Å²) in [6.07, 6.45) is 11.3. The first-order valence-corrected chi connectivity index (χ1v) is 14.5. The zero-order valence-electron chi connectivity index (χ0n) is 20.1. The molecule has 0 aliphatic heterocycles. The van der Waals surface area contributed by atoms with E-state index < -0.39 is 0 Å². The van der Waals surface area contributed by atoms with Gasteiger partial charge in [-0.2, -0.15) is 0 Å². The molecule has 2 heterocycles. The molecule has 2 fully saturated rings. The fourth-order valence-electron chi connectivity index (χ4n) is 4.86. The molecule has 2 aromatic heterocycles. The van der Waals surface area contributed by atoms with Crippen LogP contribution in [0.15, 0.2) is 29.4 Å². The Kier molecular flexibility index (Phi) is 7.98. The molecule has 1 aromatic carbocycles. The van der Waals surface area contributed by atoms with Crippen molar-refractivity contribution >= 4 is 34.1 Å². The normalized spacial score (nSPS) is 17.1. The number of ether oxygens (including phenoxy) is 1. The standard InChI is InChI=1S/C25H32N6O2S2/c1-2-31-22(17-12-14-20(15-13-17)33-19-10-6-7-11-19)27-30-25(31)34-16-21(32)26-24-29-28-23(35-24)18-8-4-3-5-9-18/h12-15,18-19H,2-11,16H2,1H3,(H,26,29,32). The highest BCUT2D eigenvalue weighted by molar-refractivity contribution is 7.99. The van der Waals surface area contributed by atoms with E-state index in [1.807, 2.05) is 28.8 Å². The lowest BCUT2D eigenvalue weighted by Crippen LogP contribution is -2.14. The first-order valence-electron chi connectivity index (χ1n) is 12.7. The van der Waals surface area contributed by atoms with Crippen molar-refractivity contribution in [3.05, 3.63) is 29.3 Å². The summed E-state index contributed by atoms with van der Waals surface area (Å²) < 4.78 is 8.12. The Morgan fingerprint density at radius 1 is 1.03 bits per heavy atom. The molecule has 35 heavy (non-hydrogen) atoms. The van der Waals surface area contributed by atoms with Gasteiger partial charge in [-0.25, -0.2) is 0 Å². The van der Waals surface area contributed by atoms with E-state index in [0.29, 0.717) is 23.7 Å². The van der Waals surface area contributed by atoms with Gasteiger partial charge in [0, 0.05) is 18.0 Å². The molecule has 1 amide bonds. The lowest BCUT2D eigenvalue weighted by atomic mass is 9.90. The van der Waals surface area contributed by atoms with Crippen LogP contribution in [0.25, 0.3) is 11.4 Å². The van der Waals surface area contributed by atoms with E-state index in [2.05, 4.69) is 32.6 Å². The Balaban J connectivity index is 1.17. The fourth-order valence-corrected chi connectivity index (χ4v) is 6.59. The Bertz CT molecular complexity index is 1120. The molecule has 0 atom stereocenters. The third-order valence-corrected chi connectivity index (χ3v) is 8.69. The molecule has 0 radical (unpaired) electrons. The lowest BCUT2D eigenvalue weighted by Gasteiger charge is -2.18. The summed E-state index contributed by atoms with van der Waals surface area (Å²) >= 11 is 2.89. The van der Waals surface area contributed by atoms with Crippen molar-refractivity contribution in [2.75, 3.05) is 11.1 Å². The van der Waals surface area contributed by atoms with Crippen LogP contribution in [0.2, 0.25) is 0 Å². The van der Waals surface area contributed by atoms with Crippen molar-refractivity contribution in [1.82, 2.24) is 25.0 Å². The maximum absolute atomic E-state index is 12.6. The summed E-state index contributed by atoms with van der Waals surface area (Å²) in [4.78, 5) is 12.6. The number of carbonyl (C=O) groups is 1. The predicted molar refractivity (Wildman–Crippen MR) is 139 cm³/mol. The smallest absolute Gasteiger partial charge is 0.236 e. The van der Waals surface area contributed by atoms with Crippen molar-refractivity contribution in [2.24, 2.45) is 0 Å². The molecule has 0 spiro atoms. The number of anilines is 1. The van der Waals surface area contributed by atoms with Gasteiger partial charge < -0.3 is 9.30 Å². The summed E-state index contributed by atoms with van der Waals surface area (Å²) in [5.74, 6) is 2.32. The number of carbonyl (C=O) groups excluding carboxylic acids is 1. The van der Waals surface area contributed by atoms with Crippen molar-refractivity contribution < 1.29 is 9.53 Å². The zero-order chi connectivity index (χ0) is 24.0. The largest absolute Gasteiger partial charge is 0.490 e. The summed E-state index contributed by atoms with van der Waals surface area (Å²) in [6.45, 7) is 2.77. The highest BCUT2D eigenvalue weighted by Gasteiger charge is 2.21. The van der Waals surface area contributed by atoms with Gasteiger partial charge >= 0.3 is 0 Å². The highest BCUT2D eigenvalue weighted by Crippen LogP contribution is 2.35. The Hall–Kier alpha value is -2.46. The summed E-state index contributed by atoms with van der Waals surface area (Å²) in [5, 5.41) is 22.5.